The van der Waals surface area contributed by atoms with E-state index in [1.165, 1.54) is 24.1 Å². The Morgan fingerprint density at radius 3 is 2.48 bits per heavy atom. The molecule has 0 saturated carbocycles. The van der Waals surface area contributed by atoms with E-state index in [-0.39, 0.29) is 24.1 Å². The lowest BCUT2D eigenvalue weighted by atomic mass is 10.2. The summed E-state index contributed by atoms with van der Waals surface area (Å²) in [4.78, 5) is 24.2. The second kappa shape index (κ2) is 8.94. The molecule has 0 heterocycles. The molecule has 6 heteroatoms. The summed E-state index contributed by atoms with van der Waals surface area (Å²) in [6.07, 6.45) is 1.07. The summed E-state index contributed by atoms with van der Waals surface area (Å²) in [5.41, 5.74) is 0. The first-order valence-corrected chi connectivity index (χ1v) is 6.72. The van der Waals surface area contributed by atoms with Gasteiger partial charge in [-0.05, 0) is 30.7 Å². The van der Waals surface area contributed by atoms with E-state index in [0.717, 1.165) is 0 Å². The summed E-state index contributed by atoms with van der Waals surface area (Å²) >= 11 is 0. The van der Waals surface area contributed by atoms with E-state index in [4.69, 9.17) is 4.74 Å². The van der Waals surface area contributed by atoms with Gasteiger partial charge in [-0.3, -0.25) is 9.59 Å². The number of amides is 1. The van der Waals surface area contributed by atoms with Crippen LogP contribution in [0, 0.1) is 5.82 Å². The number of carbonyl (C=O) groups excluding carboxylic acids is 2. The van der Waals surface area contributed by atoms with Crippen LogP contribution in [0.5, 0.6) is 5.75 Å². The van der Waals surface area contributed by atoms with Crippen LogP contribution in [0.15, 0.2) is 24.3 Å². The van der Waals surface area contributed by atoms with E-state index in [1.54, 1.807) is 19.2 Å². The molecule has 0 aliphatic heterocycles. The molecule has 0 unspecified atom stereocenters. The number of esters is 1. The molecular weight excluding hydrogens is 277 g/mol. The third-order valence-electron chi connectivity index (χ3n) is 2.92. The van der Waals surface area contributed by atoms with Crippen LogP contribution in [-0.2, 0) is 14.3 Å². The van der Waals surface area contributed by atoms with Gasteiger partial charge < -0.3 is 14.4 Å². The highest BCUT2D eigenvalue weighted by molar-refractivity contribution is 5.76. The average Bonchev–Trinajstić information content (AvgIpc) is 2.50. The number of halogens is 1. The zero-order valence-corrected chi connectivity index (χ0v) is 12.3. The van der Waals surface area contributed by atoms with E-state index in [0.29, 0.717) is 31.7 Å². The number of methoxy groups -OCH3 is 1. The zero-order chi connectivity index (χ0) is 15.7. The van der Waals surface area contributed by atoms with Gasteiger partial charge in [-0.15, -0.1) is 0 Å². The lowest BCUT2D eigenvalue weighted by Gasteiger charge is -2.16. The average molecular weight is 297 g/mol. The fraction of sp³-hybridized carbons (Fsp3) is 0.467. The molecular formula is C15H20FNO4. The molecule has 0 fully saturated rings. The van der Waals surface area contributed by atoms with Gasteiger partial charge in [0.2, 0.25) is 5.91 Å². The van der Waals surface area contributed by atoms with Crippen molar-refractivity contribution in [1.82, 2.24) is 4.90 Å². The first-order chi connectivity index (χ1) is 10.0. The maximum Gasteiger partial charge on any atom is 0.307 e. The second-order valence-corrected chi connectivity index (χ2v) is 4.55. The number of benzene rings is 1. The van der Waals surface area contributed by atoms with Gasteiger partial charge in [0.15, 0.2) is 0 Å². The molecule has 0 radical (unpaired) electrons. The van der Waals surface area contributed by atoms with Crippen molar-refractivity contribution in [2.75, 3.05) is 27.3 Å². The lowest BCUT2D eigenvalue weighted by molar-refractivity contribution is -0.141. The van der Waals surface area contributed by atoms with E-state index in [9.17, 15) is 14.0 Å². The topological polar surface area (TPSA) is 55.8 Å². The van der Waals surface area contributed by atoms with Gasteiger partial charge in [0, 0.05) is 20.0 Å². The fourth-order valence-corrected chi connectivity index (χ4v) is 1.62. The van der Waals surface area contributed by atoms with Crippen LogP contribution in [0.2, 0.25) is 0 Å². The fourth-order valence-electron chi connectivity index (χ4n) is 1.62. The molecule has 0 atom stereocenters. The van der Waals surface area contributed by atoms with Crippen LogP contribution in [0.4, 0.5) is 4.39 Å². The third-order valence-corrected chi connectivity index (χ3v) is 2.92. The van der Waals surface area contributed by atoms with Crippen molar-refractivity contribution in [3.8, 4) is 5.75 Å². The van der Waals surface area contributed by atoms with Crippen LogP contribution in [0.25, 0.3) is 0 Å². The molecule has 0 N–H and O–H groups in total. The van der Waals surface area contributed by atoms with Crippen molar-refractivity contribution in [3.63, 3.8) is 0 Å². The van der Waals surface area contributed by atoms with Crippen LogP contribution >= 0.6 is 0 Å². The number of nitrogens with zero attached hydrogens (tertiary/aromatic N) is 1. The molecule has 1 amide bonds. The first kappa shape index (κ1) is 16.9. The lowest BCUT2D eigenvalue weighted by Crippen LogP contribution is -2.29. The number of carbonyl (C=O) groups is 2. The van der Waals surface area contributed by atoms with Gasteiger partial charge in [0.05, 0.1) is 20.1 Å². The summed E-state index contributed by atoms with van der Waals surface area (Å²) in [5, 5.41) is 0. The minimum absolute atomic E-state index is 0.0541. The van der Waals surface area contributed by atoms with Crippen LogP contribution in [-0.4, -0.2) is 44.1 Å². The van der Waals surface area contributed by atoms with Gasteiger partial charge in [0.25, 0.3) is 0 Å². The summed E-state index contributed by atoms with van der Waals surface area (Å²) in [7, 11) is 2.96. The first-order valence-electron chi connectivity index (χ1n) is 6.72. The minimum Gasteiger partial charge on any atom is -0.494 e. The number of ether oxygens (including phenoxy) is 2. The Labute approximate surface area is 123 Å². The van der Waals surface area contributed by atoms with Crippen molar-refractivity contribution in [2.45, 2.75) is 19.3 Å². The van der Waals surface area contributed by atoms with Crippen LogP contribution in [0.1, 0.15) is 19.3 Å². The molecule has 0 bridgehead atoms. The van der Waals surface area contributed by atoms with Crippen LogP contribution < -0.4 is 4.74 Å². The zero-order valence-electron chi connectivity index (χ0n) is 12.3. The predicted octanol–water partition coefficient (Wildman–Crippen LogP) is 2.01. The van der Waals surface area contributed by atoms with E-state index in [2.05, 4.69) is 4.74 Å². The van der Waals surface area contributed by atoms with Crippen molar-refractivity contribution >= 4 is 11.9 Å². The maximum absolute atomic E-state index is 12.7. The molecule has 0 aliphatic rings. The summed E-state index contributed by atoms with van der Waals surface area (Å²) < 4.78 is 22.6. The quantitative estimate of drug-likeness (QED) is 0.544. The summed E-state index contributed by atoms with van der Waals surface area (Å²) in [6, 6.07) is 5.72. The molecule has 0 saturated heterocycles. The normalized spacial score (nSPS) is 10.0. The molecule has 116 valence electrons. The summed E-state index contributed by atoms with van der Waals surface area (Å²) in [6.45, 7) is 0.715. The maximum atomic E-state index is 12.7. The Hall–Kier alpha value is -2.11. The Morgan fingerprint density at radius 2 is 1.86 bits per heavy atom. The third kappa shape index (κ3) is 6.74. The number of rotatable bonds is 8. The van der Waals surface area contributed by atoms with E-state index >= 15 is 0 Å². The van der Waals surface area contributed by atoms with Crippen LogP contribution in [0.3, 0.4) is 0 Å². The Kier molecular flexibility index (Phi) is 7.21. The molecule has 1 aromatic carbocycles. The minimum atomic E-state index is -0.339. The van der Waals surface area contributed by atoms with Crippen molar-refractivity contribution < 1.29 is 23.5 Å². The Bertz CT molecular complexity index is 461. The number of hydrogen-bond donors (Lipinski definition) is 0. The second-order valence-electron chi connectivity index (χ2n) is 4.55. The molecule has 0 aliphatic carbocycles. The van der Waals surface area contributed by atoms with Crippen molar-refractivity contribution in [2.24, 2.45) is 0 Å². The van der Waals surface area contributed by atoms with Gasteiger partial charge in [-0.2, -0.15) is 0 Å². The smallest absolute Gasteiger partial charge is 0.307 e. The van der Waals surface area contributed by atoms with Gasteiger partial charge in [-0.1, -0.05) is 0 Å². The molecule has 0 spiro atoms. The molecule has 0 aromatic heterocycles. The standard InChI is InChI=1S/C15H20FNO4/c1-17(10-9-15(19)20-2)14(18)4-3-11-21-13-7-5-12(16)6-8-13/h5-8H,3-4,9-11H2,1-2H3. The SMILES string of the molecule is COC(=O)CCN(C)C(=O)CCCOc1ccc(F)cc1. The number of hydrogen-bond acceptors (Lipinski definition) is 4. The summed E-state index contributed by atoms with van der Waals surface area (Å²) in [5.74, 6) is -0.136. The van der Waals surface area contributed by atoms with Crippen molar-refractivity contribution in [3.05, 3.63) is 30.1 Å². The van der Waals surface area contributed by atoms with E-state index < -0.39 is 0 Å². The largest absolute Gasteiger partial charge is 0.494 e. The Balaban J connectivity index is 2.17. The Morgan fingerprint density at radius 1 is 1.19 bits per heavy atom. The predicted molar refractivity (Wildman–Crippen MR) is 75.4 cm³/mol. The molecule has 1 aromatic rings. The van der Waals surface area contributed by atoms with Gasteiger partial charge in [0.1, 0.15) is 11.6 Å². The monoisotopic (exact) mass is 297 g/mol. The van der Waals surface area contributed by atoms with Crippen molar-refractivity contribution in [1.29, 1.82) is 0 Å². The van der Waals surface area contributed by atoms with Gasteiger partial charge >= 0.3 is 5.97 Å². The van der Waals surface area contributed by atoms with Gasteiger partial charge in [-0.25, -0.2) is 4.39 Å². The highest BCUT2D eigenvalue weighted by atomic mass is 19.1. The molecule has 21 heavy (non-hydrogen) atoms. The molecule has 1 rings (SSSR count). The highest BCUT2D eigenvalue weighted by Gasteiger charge is 2.10. The van der Waals surface area contributed by atoms with E-state index in [1.807, 2.05) is 0 Å². The highest BCUT2D eigenvalue weighted by Crippen LogP contribution is 2.11. The molecule has 5 nitrogen and oxygen atoms in total.